The molecule has 0 saturated carbocycles. The standard InChI is InChI=1S/C24H32N4O/c1-18(2)24-14-20(16-28-12-10-19(11-13-28)15-26-27-25)8-9-23(24)22-7-5-4-6-21(22)17-29-3/h4-9,14,18-19H,10-13,15-17H2,1-3H3. The molecule has 0 aromatic heterocycles. The fourth-order valence-electron chi connectivity index (χ4n) is 4.24. The van der Waals surface area contributed by atoms with E-state index < -0.39 is 0 Å². The number of methoxy groups -OCH3 is 1. The van der Waals surface area contributed by atoms with Gasteiger partial charge in [-0.1, -0.05) is 61.4 Å². The first kappa shape index (κ1) is 21.4. The van der Waals surface area contributed by atoms with Crippen LogP contribution >= 0.6 is 0 Å². The Kier molecular flexibility index (Phi) is 7.70. The van der Waals surface area contributed by atoms with Gasteiger partial charge in [0.05, 0.1) is 6.61 Å². The monoisotopic (exact) mass is 392 g/mol. The van der Waals surface area contributed by atoms with Crippen molar-refractivity contribution < 1.29 is 4.74 Å². The Morgan fingerprint density at radius 3 is 2.59 bits per heavy atom. The molecule has 0 aliphatic carbocycles. The van der Waals surface area contributed by atoms with Gasteiger partial charge in [0.15, 0.2) is 0 Å². The minimum absolute atomic E-state index is 0.454. The van der Waals surface area contributed by atoms with Crippen LogP contribution in [0.25, 0.3) is 21.6 Å². The van der Waals surface area contributed by atoms with E-state index in [4.69, 9.17) is 10.3 Å². The number of ether oxygens (including phenoxy) is 1. The number of benzene rings is 2. The minimum atomic E-state index is 0.454. The Hall–Kier alpha value is -2.33. The van der Waals surface area contributed by atoms with Crippen molar-refractivity contribution in [1.82, 2.24) is 4.90 Å². The van der Waals surface area contributed by atoms with E-state index in [1.807, 2.05) is 0 Å². The molecule has 3 rings (SSSR count). The zero-order valence-corrected chi connectivity index (χ0v) is 17.8. The molecule has 1 aliphatic rings. The van der Waals surface area contributed by atoms with Crippen LogP contribution < -0.4 is 0 Å². The maximum Gasteiger partial charge on any atom is 0.0719 e. The molecule has 154 valence electrons. The number of nitrogens with zero attached hydrogens (tertiary/aromatic N) is 4. The molecule has 2 aromatic carbocycles. The second kappa shape index (κ2) is 10.4. The van der Waals surface area contributed by atoms with E-state index in [1.54, 1.807) is 7.11 Å². The van der Waals surface area contributed by atoms with Gasteiger partial charge >= 0.3 is 0 Å². The highest BCUT2D eigenvalue weighted by Crippen LogP contribution is 2.33. The van der Waals surface area contributed by atoms with Crippen molar-refractivity contribution in [3.63, 3.8) is 0 Å². The number of hydrogen-bond donors (Lipinski definition) is 0. The summed E-state index contributed by atoms with van der Waals surface area (Å²) in [5.74, 6) is 0.989. The van der Waals surface area contributed by atoms with Crippen molar-refractivity contribution >= 4 is 0 Å². The molecule has 0 bridgehead atoms. The van der Waals surface area contributed by atoms with Gasteiger partial charge < -0.3 is 4.74 Å². The maximum absolute atomic E-state index is 8.51. The van der Waals surface area contributed by atoms with Gasteiger partial charge in [0, 0.05) is 25.1 Å². The van der Waals surface area contributed by atoms with Crippen LogP contribution in [0.2, 0.25) is 0 Å². The zero-order valence-electron chi connectivity index (χ0n) is 17.8. The lowest BCUT2D eigenvalue weighted by Crippen LogP contribution is -2.34. The molecular weight excluding hydrogens is 360 g/mol. The molecule has 1 saturated heterocycles. The summed E-state index contributed by atoms with van der Waals surface area (Å²) in [5, 5.41) is 3.75. The molecule has 0 radical (unpaired) electrons. The Morgan fingerprint density at radius 1 is 1.14 bits per heavy atom. The van der Waals surface area contributed by atoms with E-state index in [9.17, 15) is 0 Å². The third-order valence-electron chi connectivity index (χ3n) is 5.86. The quantitative estimate of drug-likeness (QED) is 0.307. The Labute approximate surface area is 174 Å². The van der Waals surface area contributed by atoms with Crippen LogP contribution in [-0.2, 0) is 17.9 Å². The maximum atomic E-state index is 8.51. The van der Waals surface area contributed by atoms with E-state index in [-0.39, 0.29) is 0 Å². The Bertz CT molecular complexity index is 850. The van der Waals surface area contributed by atoms with E-state index >= 15 is 0 Å². The van der Waals surface area contributed by atoms with Crippen LogP contribution in [0.15, 0.2) is 47.6 Å². The van der Waals surface area contributed by atoms with Crippen LogP contribution in [-0.4, -0.2) is 31.6 Å². The highest BCUT2D eigenvalue weighted by Gasteiger charge is 2.19. The van der Waals surface area contributed by atoms with Gasteiger partial charge in [0.1, 0.15) is 0 Å². The molecule has 0 unspecified atom stereocenters. The van der Waals surface area contributed by atoms with Crippen molar-refractivity contribution in [2.75, 3.05) is 26.7 Å². The average Bonchev–Trinajstić information content (AvgIpc) is 2.74. The fourth-order valence-corrected chi connectivity index (χ4v) is 4.24. The number of hydrogen-bond acceptors (Lipinski definition) is 3. The summed E-state index contributed by atoms with van der Waals surface area (Å²) in [5.41, 5.74) is 15.1. The average molecular weight is 393 g/mol. The van der Waals surface area contributed by atoms with Crippen LogP contribution in [0, 0.1) is 5.92 Å². The lowest BCUT2D eigenvalue weighted by atomic mass is 9.88. The van der Waals surface area contributed by atoms with Gasteiger partial charge in [-0.25, -0.2) is 0 Å². The van der Waals surface area contributed by atoms with Crippen LogP contribution in [0.4, 0.5) is 0 Å². The third-order valence-corrected chi connectivity index (χ3v) is 5.86. The molecule has 29 heavy (non-hydrogen) atoms. The predicted molar refractivity (Wildman–Crippen MR) is 119 cm³/mol. The van der Waals surface area contributed by atoms with Gasteiger partial charge in [-0.3, -0.25) is 4.90 Å². The third kappa shape index (κ3) is 5.60. The molecule has 1 aliphatic heterocycles. The topological polar surface area (TPSA) is 61.2 Å². The fraction of sp³-hybridized carbons (Fsp3) is 0.500. The first-order valence-corrected chi connectivity index (χ1v) is 10.6. The molecule has 1 fully saturated rings. The van der Waals surface area contributed by atoms with Crippen LogP contribution in [0.1, 0.15) is 49.3 Å². The number of rotatable bonds is 8. The Balaban J connectivity index is 1.76. The van der Waals surface area contributed by atoms with Gasteiger partial charge in [-0.15, -0.1) is 0 Å². The van der Waals surface area contributed by atoms with E-state index in [0.717, 1.165) is 32.5 Å². The summed E-state index contributed by atoms with van der Waals surface area (Å²) < 4.78 is 5.41. The van der Waals surface area contributed by atoms with Crippen molar-refractivity contribution in [3.8, 4) is 11.1 Å². The molecule has 5 heteroatoms. The zero-order chi connectivity index (χ0) is 20.6. The molecule has 0 N–H and O–H groups in total. The van der Waals surface area contributed by atoms with E-state index in [1.165, 1.54) is 27.8 Å². The summed E-state index contributed by atoms with van der Waals surface area (Å²) in [7, 11) is 1.75. The summed E-state index contributed by atoms with van der Waals surface area (Å²) in [6, 6.07) is 15.5. The summed E-state index contributed by atoms with van der Waals surface area (Å²) in [6.45, 7) is 8.92. The molecule has 1 heterocycles. The Morgan fingerprint density at radius 2 is 1.90 bits per heavy atom. The number of likely N-dealkylation sites (tertiary alicyclic amines) is 1. The first-order chi connectivity index (χ1) is 14.1. The lowest BCUT2D eigenvalue weighted by molar-refractivity contribution is 0.180. The van der Waals surface area contributed by atoms with Crippen LogP contribution in [0.5, 0.6) is 0 Å². The second-order valence-electron chi connectivity index (χ2n) is 8.30. The molecule has 0 atom stereocenters. The van der Waals surface area contributed by atoms with Gasteiger partial charge in [-0.2, -0.15) is 0 Å². The van der Waals surface area contributed by atoms with Gasteiger partial charge in [0.2, 0.25) is 0 Å². The summed E-state index contributed by atoms with van der Waals surface area (Å²) in [4.78, 5) is 5.42. The normalized spacial score (nSPS) is 15.4. The second-order valence-corrected chi connectivity index (χ2v) is 8.30. The van der Waals surface area contributed by atoms with Crippen LogP contribution in [0.3, 0.4) is 0 Å². The van der Waals surface area contributed by atoms with Crippen molar-refractivity contribution in [3.05, 3.63) is 69.6 Å². The SMILES string of the molecule is COCc1ccccc1-c1ccc(CN2CCC(CN=[N+]=[N-])CC2)cc1C(C)C. The summed E-state index contributed by atoms with van der Waals surface area (Å²) in [6.07, 6.45) is 2.22. The number of piperidine rings is 1. The van der Waals surface area contributed by atoms with Gasteiger partial charge in [0.25, 0.3) is 0 Å². The largest absolute Gasteiger partial charge is 0.380 e. The smallest absolute Gasteiger partial charge is 0.0719 e. The van der Waals surface area contributed by atoms with E-state index in [0.29, 0.717) is 25.0 Å². The molecule has 0 amide bonds. The number of azide groups is 1. The highest BCUT2D eigenvalue weighted by atomic mass is 16.5. The first-order valence-electron chi connectivity index (χ1n) is 10.6. The summed E-state index contributed by atoms with van der Waals surface area (Å²) >= 11 is 0. The lowest BCUT2D eigenvalue weighted by Gasteiger charge is -2.31. The minimum Gasteiger partial charge on any atom is -0.380 e. The molecular formula is C24H32N4O. The molecule has 0 spiro atoms. The van der Waals surface area contributed by atoms with E-state index in [2.05, 4.69) is 71.2 Å². The van der Waals surface area contributed by atoms with Crippen molar-refractivity contribution in [1.29, 1.82) is 0 Å². The van der Waals surface area contributed by atoms with Crippen molar-refractivity contribution in [2.45, 2.75) is 45.8 Å². The predicted octanol–water partition coefficient (Wildman–Crippen LogP) is 6.15. The van der Waals surface area contributed by atoms with Gasteiger partial charge in [-0.05, 0) is 71.1 Å². The molecule has 2 aromatic rings. The highest BCUT2D eigenvalue weighted by molar-refractivity contribution is 5.71. The van der Waals surface area contributed by atoms with Crippen molar-refractivity contribution in [2.24, 2.45) is 11.0 Å². The molecule has 5 nitrogen and oxygen atoms in total.